The molecular weight excluding hydrogens is 376 g/mol. The Bertz CT molecular complexity index is 856. The maximum Gasteiger partial charge on any atom is 0.242 e. The van der Waals surface area contributed by atoms with Crippen LogP contribution in [0.2, 0.25) is 5.02 Å². The van der Waals surface area contributed by atoms with Gasteiger partial charge < -0.3 is 10.1 Å². The molecule has 6 nitrogen and oxygen atoms in total. The zero-order valence-electron chi connectivity index (χ0n) is 14.4. The normalized spacial score (nSPS) is 11.3. The molecule has 0 unspecified atom stereocenters. The smallest absolute Gasteiger partial charge is 0.242 e. The van der Waals surface area contributed by atoms with Gasteiger partial charge in [-0.25, -0.2) is 13.1 Å². The van der Waals surface area contributed by atoms with E-state index in [1.165, 1.54) is 12.1 Å². The third-order valence-corrected chi connectivity index (χ3v) is 5.52. The maximum absolute atomic E-state index is 12.2. The van der Waals surface area contributed by atoms with Gasteiger partial charge in [0.15, 0.2) is 0 Å². The molecular formula is C18H21ClN2O4S. The third kappa shape index (κ3) is 6.10. The quantitative estimate of drug-likeness (QED) is 0.682. The molecule has 0 atom stereocenters. The number of nitrogens with one attached hydrogen (secondary N) is 2. The molecule has 0 saturated carbocycles. The summed E-state index contributed by atoms with van der Waals surface area (Å²) in [5, 5.41) is 2.90. The van der Waals surface area contributed by atoms with Gasteiger partial charge in [-0.15, -0.1) is 0 Å². The minimum absolute atomic E-state index is 0.00275. The Labute approximate surface area is 158 Å². The van der Waals surface area contributed by atoms with Gasteiger partial charge in [-0.2, -0.15) is 0 Å². The second-order valence-electron chi connectivity index (χ2n) is 5.61. The van der Waals surface area contributed by atoms with Crippen molar-refractivity contribution in [3.8, 4) is 0 Å². The minimum Gasteiger partial charge on any atom is -0.380 e. The summed E-state index contributed by atoms with van der Waals surface area (Å²) < 4.78 is 31.8. The Kier molecular flexibility index (Phi) is 7.59. The average molecular weight is 397 g/mol. The molecule has 140 valence electrons. The fourth-order valence-electron chi connectivity index (χ4n) is 2.32. The summed E-state index contributed by atoms with van der Waals surface area (Å²) in [6, 6.07) is 13.8. The molecule has 2 aromatic rings. The minimum atomic E-state index is -3.74. The van der Waals surface area contributed by atoms with Crippen LogP contribution in [0.5, 0.6) is 0 Å². The van der Waals surface area contributed by atoms with Crippen molar-refractivity contribution in [2.45, 2.75) is 24.5 Å². The number of amides is 1. The standard InChI is InChI=1S/C18H21ClN2O4S/c1-25-13-15-6-4-5-14(11-15)12-20-18(22)9-10-21-26(23,24)17-8-3-2-7-16(17)19/h2-8,11,21H,9-10,12-13H2,1H3,(H,20,22). The van der Waals surface area contributed by atoms with Gasteiger partial charge in [0.05, 0.1) is 11.6 Å². The SMILES string of the molecule is COCc1cccc(CNC(=O)CCNS(=O)(=O)c2ccccc2Cl)c1. The summed E-state index contributed by atoms with van der Waals surface area (Å²) in [5.41, 5.74) is 1.97. The zero-order chi connectivity index (χ0) is 19.0. The molecule has 0 bridgehead atoms. The Morgan fingerprint density at radius 3 is 2.58 bits per heavy atom. The Balaban J connectivity index is 1.80. The lowest BCUT2D eigenvalue weighted by molar-refractivity contribution is -0.121. The molecule has 0 aliphatic carbocycles. The van der Waals surface area contributed by atoms with Crippen LogP contribution in [-0.4, -0.2) is 28.0 Å². The van der Waals surface area contributed by atoms with E-state index in [1.807, 2.05) is 24.3 Å². The van der Waals surface area contributed by atoms with Crippen LogP contribution in [0.3, 0.4) is 0 Å². The Morgan fingerprint density at radius 2 is 1.85 bits per heavy atom. The van der Waals surface area contributed by atoms with E-state index in [1.54, 1.807) is 19.2 Å². The highest BCUT2D eigenvalue weighted by Crippen LogP contribution is 2.19. The van der Waals surface area contributed by atoms with Crippen molar-refractivity contribution in [1.29, 1.82) is 0 Å². The second kappa shape index (κ2) is 9.68. The molecule has 0 aromatic heterocycles. The highest BCUT2D eigenvalue weighted by atomic mass is 35.5. The van der Waals surface area contributed by atoms with Crippen LogP contribution in [0.4, 0.5) is 0 Å². The van der Waals surface area contributed by atoms with E-state index in [-0.39, 0.29) is 28.8 Å². The fraction of sp³-hybridized carbons (Fsp3) is 0.278. The van der Waals surface area contributed by atoms with Crippen molar-refractivity contribution < 1.29 is 17.9 Å². The number of benzene rings is 2. The van der Waals surface area contributed by atoms with Gasteiger partial charge >= 0.3 is 0 Å². The van der Waals surface area contributed by atoms with Gasteiger partial charge in [-0.3, -0.25) is 4.79 Å². The van der Waals surface area contributed by atoms with Gasteiger partial charge in [0.2, 0.25) is 15.9 Å². The Morgan fingerprint density at radius 1 is 1.12 bits per heavy atom. The maximum atomic E-state index is 12.2. The van der Waals surface area contributed by atoms with Crippen LogP contribution in [-0.2, 0) is 32.7 Å². The van der Waals surface area contributed by atoms with Gasteiger partial charge in [-0.1, -0.05) is 48.0 Å². The lowest BCUT2D eigenvalue weighted by Gasteiger charge is -2.09. The van der Waals surface area contributed by atoms with Crippen molar-refractivity contribution in [3.05, 3.63) is 64.7 Å². The first-order chi connectivity index (χ1) is 12.4. The van der Waals surface area contributed by atoms with Crippen LogP contribution < -0.4 is 10.0 Å². The fourth-order valence-corrected chi connectivity index (χ4v) is 3.87. The first-order valence-corrected chi connectivity index (χ1v) is 9.86. The molecule has 0 fully saturated rings. The molecule has 0 aliphatic heterocycles. The molecule has 0 saturated heterocycles. The van der Waals surface area contributed by atoms with Gasteiger partial charge in [0.25, 0.3) is 0 Å². The average Bonchev–Trinajstić information content (AvgIpc) is 2.61. The summed E-state index contributed by atoms with van der Waals surface area (Å²) in [7, 11) is -2.12. The van der Waals surface area contributed by atoms with E-state index in [0.717, 1.165) is 11.1 Å². The van der Waals surface area contributed by atoms with Crippen LogP contribution in [0.1, 0.15) is 17.5 Å². The van der Waals surface area contributed by atoms with Gasteiger partial charge in [0, 0.05) is 26.6 Å². The van der Waals surface area contributed by atoms with E-state index in [2.05, 4.69) is 10.0 Å². The summed E-state index contributed by atoms with van der Waals surface area (Å²) in [5.74, 6) is -0.246. The van der Waals surface area contributed by atoms with Crippen molar-refractivity contribution in [2.24, 2.45) is 0 Å². The van der Waals surface area contributed by atoms with Crippen LogP contribution >= 0.6 is 11.6 Å². The monoisotopic (exact) mass is 396 g/mol. The highest BCUT2D eigenvalue weighted by Gasteiger charge is 2.17. The number of hydrogen-bond donors (Lipinski definition) is 2. The molecule has 0 heterocycles. The van der Waals surface area contributed by atoms with Crippen LogP contribution in [0, 0.1) is 0 Å². The highest BCUT2D eigenvalue weighted by molar-refractivity contribution is 7.89. The summed E-state index contributed by atoms with van der Waals surface area (Å²) in [4.78, 5) is 11.9. The number of methoxy groups -OCH3 is 1. The number of carbonyl (C=O) groups is 1. The lowest BCUT2D eigenvalue weighted by Crippen LogP contribution is -2.30. The lowest BCUT2D eigenvalue weighted by atomic mass is 10.1. The molecule has 1 amide bonds. The molecule has 0 aliphatic rings. The van der Waals surface area contributed by atoms with Crippen molar-refractivity contribution in [1.82, 2.24) is 10.0 Å². The number of ether oxygens (including phenoxy) is 1. The summed E-state index contributed by atoms with van der Waals surface area (Å²) >= 11 is 5.90. The predicted octanol–water partition coefficient (Wildman–Crippen LogP) is 2.47. The largest absolute Gasteiger partial charge is 0.380 e. The summed E-state index contributed by atoms with van der Waals surface area (Å²) in [6.45, 7) is 0.863. The van der Waals surface area contributed by atoms with Crippen molar-refractivity contribution in [2.75, 3.05) is 13.7 Å². The number of carbonyl (C=O) groups excluding carboxylic acids is 1. The van der Waals surface area contributed by atoms with E-state index in [9.17, 15) is 13.2 Å². The third-order valence-electron chi connectivity index (χ3n) is 3.56. The summed E-state index contributed by atoms with van der Waals surface area (Å²) in [6.07, 6.45) is 0.0292. The first-order valence-electron chi connectivity index (χ1n) is 8.00. The van der Waals surface area contributed by atoms with E-state index in [0.29, 0.717) is 13.2 Å². The van der Waals surface area contributed by atoms with Crippen LogP contribution in [0.25, 0.3) is 0 Å². The number of halogens is 1. The first kappa shape index (κ1) is 20.4. The Hall–Kier alpha value is -1.93. The van der Waals surface area contributed by atoms with E-state index >= 15 is 0 Å². The van der Waals surface area contributed by atoms with Crippen molar-refractivity contribution >= 4 is 27.5 Å². The molecule has 0 radical (unpaired) electrons. The molecule has 2 N–H and O–H groups in total. The number of hydrogen-bond acceptors (Lipinski definition) is 4. The second-order valence-corrected chi connectivity index (χ2v) is 7.75. The number of sulfonamides is 1. The van der Waals surface area contributed by atoms with Crippen molar-refractivity contribution in [3.63, 3.8) is 0 Å². The van der Waals surface area contributed by atoms with E-state index < -0.39 is 10.0 Å². The molecule has 8 heteroatoms. The molecule has 0 spiro atoms. The molecule has 26 heavy (non-hydrogen) atoms. The molecule has 2 aromatic carbocycles. The van der Waals surface area contributed by atoms with Crippen LogP contribution in [0.15, 0.2) is 53.4 Å². The van der Waals surface area contributed by atoms with Gasteiger partial charge in [-0.05, 0) is 23.3 Å². The zero-order valence-corrected chi connectivity index (χ0v) is 15.9. The number of rotatable bonds is 9. The molecule has 2 rings (SSSR count). The topological polar surface area (TPSA) is 84.5 Å². The van der Waals surface area contributed by atoms with E-state index in [4.69, 9.17) is 16.3 Å². The predicted molar refractivity (Wildman–Crippen MR) is 100 cm³/mol. The van der Waals surface area contributed by atoms with Gasteiger partial charge in [0.1, 0.15) is 4.90 Å².